The van der Waals surface area contributed by atoms with Crippen molar-refractivity contribution >= 4 is 0 Å². The molecule has 0 saturated carbocycles. The molecular weight excluding hydrogens is 266 g/mol. The van der Waals surface area contributed by atoms with E-state index in [1.165, 1.54) is 0 Å². The Bertz CT molecular complexity index is 431. The summed E-state index contributed by atoms with van der Waals surface area (Å²) >= 11 is 0. The van der Waals surface area contributed by atoms with Crippen molar-refractivity contribution in [1.29, 1.82) is 0 Å². The standard InChI is InChI=1S/C14H20F2N2O2/c1-10(18-6-7-19-11(8-17)9-18)12-4-2-3-5-13(12)20-14(15)16/h2-5,10-11,14H,6-9,17H2,1H3. The molecule has 1 heterocycles. The van der Waals surface area contributed by atoms with Crippen molar-refractivity contribution < 1.29 is 18.3 Å². The molecule has 1 saturated heterocycles. The lowest BCUT2D eigenvalue weighted by molar-refractivity contribution is -0.0542. The number of benzene rings is 1. The predicted octanol–water partition coefficient (Wildman–Crippen LogP) is 2.01. The first-order valence-corrected chi connectivity index (χ1v) is 6.71. The molecule has 2 N–H and O–H groups in total. The van der Waals surface area contributed by atoms with Gasteiger partial charge in [-0.1, -0.05) is 18.2 Å². The molecule has 2 unspecified atom stereocenters. The first-order valence-electron chi connectivity index (χ1n) is 6.71. The molecule has 0 spiro atoms. The van der Waals surface area contributed by atoms with Gasteiger partial charge in [0.2, 0.25) is 0 Å². The van der Waals surface area contributed by atoms with E-state index < -0.39 is 6.61 Å². The maximum atomic E-state index is 12.5. The molecule has 1 aliphatic heterocycles. The van der Waals surface area contributed by atoms with Gasteiger partial charge < -0.3 is 15.2 Å². The summed E-state index contributed by atoms with van der Waals surface area (Å²) in [4.78, 5) is 2.18. The number of alkyl halides is 2. The summed E-state index contributed by atoms with van der Waals surface area (Å²) in [5.41, 5.74) is 6.38. The number of hydrogen-bond donors (Lipinski definition) is 1. The van der Waals surface area contributed by atoms with E-state index in [9.17, 15) is 8.78 Å². The fourth-order valence-electron chi connectivity index (χ4n) is 2.46. The lowest BCUT2D eigenvalue weighted by atomic mass is 10.0. The fourth-order valence-corrected chi connectivity index (χ4v) is 2.46. The number of para-hydroxylation sites is 1. The molecule has 1 aromatic carbocycles. The molecule has 0 amide bonds. The smallest absolute Gasteiger partial charge is 0.387 e. The average molecular weight is 286 g/mol. The minimum atomic E-state index is -2.81. The van der Waals surface area contributed by atoms with Gasteiger partial charge in [0, 0.05) is 31.2 Å². The molecular formula is C14H20F2N2O2. The maximum Gasteiger partial charge on any atom is 0.387 e. The molecule has 6 heteroatoms. The lowest BCUT2D eigenvalue weighted by Gasteiger charge is -2.37. The van der Waals surface area contributed by atoms with Crippen molar-refractivity contribution in [3.8, 4) is 5.75 Å². The second kappa shape index (κ2) is 6.97. The largest absolute Gasteiger partial charge is 0.434 e. The van der Waals surface area contributed by atoms with Crippen molar-refractivity contribution in [2.24, 2.45) is 5.73 Å². The second-order valence-electron chi connectivity index (χ2n) is 4.82. The lowest BCUT2D eigenvalue weighted by Crippen LogP contribution is -2.46. The Hall–Kier alpha value is -1.24. The Kier molecular flexibility index (Phi) is 5.28. The summed E-state index contributed by atoms with van der Waals surface area (Å²) in [6.45, 7) is 1.67. The number of ether oxygens (including phenoxy) is 2. The van der Waals surface area contributed by atoms with E-state index in [4.69, 9.17) is 10.5 Å². The van der Waals surface area contributed by atoms with Gasteiger partial charge in [-0.05, 0) is 13.0 Å². The highest BCUT2D eigenvalue weighted by molar-refractivity contribution is 5.35. The molecule has 1 aromatic rings. The normalized spacial score (nSPS) is 21.9. The van der Waals surface area contributed by atoms with Gasteiger partial charge in [-0.25, -0.2) is 0 Å². The molecule has 0 aliphatic carbocycles. The van der Waals surface area contributed by atoms with Crippen LogP contribution in [-0.2, 0) is 4.74 Å². The van der Waals surface area contributed by atoms with E-state index in [0.717, 1.165) is 12.1 Å². The van der Waals surface area contributed by atoms with Crippen LogP contribution in [0.15, 0.2) is 24.3 Å². The Labute approximate surface area is 117 Å². The van der Waals surface area contributed by atoms with Crippen LogP contribution < -0.4 is 10.5 Å². The van der Waals surface area contributed by atoms with Gasteiger partial charge in [0.25, 0.3) is 0 Å². The molecule has 0 bridgehead atoms. The molecule has 2 rings (SSSR count). The third kappa shape index (κ3) is 3.65. The highest BCUT2D eigenvalue weighted by Gasteiger charge is 2.26. The Morgan fingerprint density at radius 3 is 2.90 bits per heavy atom. The van der Waals surface area contributed by atoms with Crippen LogP contribution in [0.1, 0.15) is 18.5 Å². The van der Waals surface area contributed by atoms with Crippen molar-refractivity contribution in [2.75, 3.05) is 26.2 Å². The van der Waals surface area contributed by atoms with Gasteiger partial charge in [0.1, 0.15) is 5.75 Å². The number of rotatable bonds is 5. The third-order valence-corrected chi connectivity index (χ3v) is 3.57. The van der Waals surface area contributed by atoms with E-state index in [-0.39, 0.29) is 17.9 Å². The van der Waals surface area contributed by atoms with Crippen molar-refractivity contribution in [1.82, 2.24) is 4.90 Å². The number of halogens is 2. The van der Waals surface area contributed by atoms with Gasteiger partial charge >= 0.3 is 6.61 Å². The topological polar surface area (TPSA) is 47.7 Å². The SMILES string of the molecule is CC(c1ccccc1OC(F)F)N1CCOC(CN)C1. The van der Waals surface area contributed by atoms with Crippen LogP contribution in [0.25, 0.3) is 0 Å². The van der Waals surface area contributed by atoms with Crippen LogP contribution in [0.2, 0.25) is 0 Å². The van der Waals surface area contributed by atoms with Gasteiger partial charge in [0.05, 0.1) is 12.7 Å². The molecule has 1 fully saturated rings. The van der Waals surface area contributed by atoms with E-state index in [1.807, 2.05) is 19.1 Å². The first-order chi connectivity index (χ1) is 9.61. The Morgan fingerprint density at radius 1 is 1.45 bits per heavy atom. The third-order valence-electron chi connectivity index (χ3n) is 3.57. The van der Waals surface area contributed by atoms with E-state index >= 15 is 0 Å². The fraction of sp³-hybridized carbons (Fsp3) is 0.571. The highest BCUT2D eigenvalue weighted by atomic mass is 19.3. The quantitative estimate of drug-likeness (QED) is 0.899. The molecule has 1 aliphatic rings. The van der Waals surface area contributed by atoms with Crippen LogP contribution in [0, 0.1) is 0 Å². The van der Waals surface area contributed by atoms with Crippen LogP contribution >= 0.6 is 0 Å². The Balaban J connectivity index is 2.13. The number of hydrogen-bond acceptors (Lipinski definition) is 4. The maximum absolute atomic E-state index is 12.5. The summed E-state index contributed by atoms with van der Waals surface area (Å²) in [5.74, 6) is 0.228. The minimum absolute atomic E-state index is 0.00520. The highest BCUT2D eigenvalue weighted by Crippen LogP contribution is 2.31. The van der Waals surface area contributed by atoms with Crippen LogP contribution in [0.3, 0.4) is 0 Å². The summed E-state index contributed by atoms with van der Waals surface area (Å²) in [7, 11) is 0. The van der Waals surface area contributed by atoms with Crippen LogP contribution in [0.4, 0.5) is 8.78 Å². The van der Waals surface area contributed by atoms with Crippen LogP contribution in [0.5, 0.6) is 5.75 Å². The number of nitrogens with two attached hydrogens (primary N) is 1. The van der Waals surface area contributed by atoms with Gasteiger partial charge in [-0.3, -0.25) is 4.90 Å². The minimum Gasteiger partial charge on any atom is -0.434 e. The molecule has 0 aromatic heterocycles. The summed E-state index contributed by atoms with van der Waals surface area (Å²) < 4.78 is 35.0. The van der Waals surface area contributed by atoms with E-state index in [2.05, 4.69) is 9.64 Å². The number of morpholine rings is 1. The molecule has 4 nitrogen and oxygen atoms in total. The number of nitrogens with zero attached hydrogens (tertiary/aromatic N) is 1. The monoisotopic (exact) mass is 286 g/mol. The van der Waals surface area contributed by atoms with Crippen molar-refractivity contribution in [3.63, 3.8) is 0 Å². The second-order valence-corrected chi connectivity index (χ2v) is 4.82. The molecule has 112 valence electrons. The zero-order chi connectivity index (χ0) is 14.5. The summed E-state index contributed by atoms with van der Waals surface area (Å²) in [5, 5.41) is 0. The van der Waals surface area contributed by atoms with Gasteiger partial charge in [0.15, 0.2) is 0 Å². The Morgan fingerprint density at radius 2 is 2.20 bits per heavy atom. The summed E-state index contributed by atoms with van der Waals surface area (Å²) in [6, 6.07) is 6.87. The summed E-state index contributed by atoms with van der Waals surface area (Å²) in [6.07, 6.45) is -0.00520. The van der Waals surface area contributed by atoms with E-state index in [1.54, 1.807) is 12.1 Å². The zero-order valence-electron chi connectivity index (χ0n) is 11.5. The molecule has 0 radical (unpaired) electrons. The van der Waals surface area contributed by atoms with Crippen molar-refractivity contribution in [2.45, 2.75) is 25.7 Å². The average Bonchev–Trinajstić information content (AvgIpc) is 2.46. The molecule has 20 heavy (non-hydrogen) atoms. The van der Waals surface area contributed by atoms with Crippen molar-refractivity contribution in [3.05, 3.63) is 29.8 Å². The van der Waals surface area contributed by atoms with Gasteiger partial charge in [-0.2, -0.15) is 8.78 Å². The molecule has 2 atom stereocenters. The first kappa shape index (κ1) is 15.2. The van der Waals surface area contributed by atoms with Crippen LogP contribution in [-0.4, -0.2) is 43.9 Å². The predicted molar refractivity (Wildman–Crippen MR) is 71.9 cm³/mol. The van der Waals surface area contributed by atoms with Gasteiger partial charge in [-0.15, -0.1) is 0 Å². The zero-order valence-corrected chi connectivity index (χ0v) is 11.5. The van der Waals surface area contributed by atoms with E-state index in [0.29, 0.717) is 19.7 Å².